The number of carbonyl (C=O) groups excluding carboxylic acids is 1. The molecule has 0 bridgehead atoms. The second-order valence-corrected chi connectivity index (χ2v) is 4.00. The Labute approximate surface area is 89.0 Å². The van der Waals surface area contributed by atoms with E-state index in [1.165, 1.54) is 12.2 Å². The van der Waals surface area contributed by atoms with Crippen molar-refractivity contribution < 1.29 is 22.1 Å². The molecule has 0 N–H and O–H groups in total. The van der Waals surface area contributed by atoms with Gasteiger partial charge >= 0.3 is 16.4 Å². The minimum absolute atomic E-state index is 0.0693. The molecule has 6 nitrogen and oxygen atoms in total. The predicted octanol–water partition coefficient (Wildman–Crippen LogP) is 0.688. The lowest BCUT2D eigenvalue weighted by Gasteiger charge is -2.15. The average Bonchev–Trinajstić information content (AvgIpc) is 2.21. The highest BCUT2D eigenvalue weighted by Gasteiger charge is 2.24. The monoisotopic (exact) mass is 235 g/mol. The van der Waals surface area contributed by atoms with Crippen LogP contribution in [0.5, 0.6) is 0 Å². The third-order valence-electron chi connectivity index (χ3n) is 1.25. The summed E-state index contributed by atoms with van der Waals surface area (Å²) in [7, 11) is -3.07. The molecule has 0 heterocycles. The van der Waals surface area contributed by atoms with Crippen LogP contribution in [-0.4, -0.2) is 39.1 Å². The topological polar surface area (TPSA) is 72.9 Å². The van der Waals surface area contributed by atoms with Crippen LogP contribution in [0.4, 0.5) is 4.79 Å². The van der Waals surface area contributed by atoms with Crippen LogP contribution in [0.25, 0.3) is 0 Å². The minimum atomic E-state index is -4.10. The van der Waals surface area contributed by atoms with Crippen LogP contribution in [0.15, 0.2) is 25.3 Å². The summed E-state index contributed by atoms with van der Waals surface area (Å²) < 4.78 is 31.7. The van der Waals surface area contributed by atoms with Crippen molar-refractivity contribution in [2.45, 2.75) is 0 Å². The highest BCUT2D eigenvalue weighted by Crippen LogP contribution is 2.02. The van der Waals surface area contributed by atoms with Crippen LogP contribution in [0.3, 0.4) is 0 Å². The molecule has 0 aliphatic rings. The van der Waals surface area contributed by atoms with E-state index in [1.807, 2.05) is 0 Å². The lowest BCUT2D eigenvalue weighted by molar-refractivity contribution is 0.138. The van der Waals surface area contributed by atoms with E-state index in [2.05, 4.69) is 22.1 Å². The molecule has 0 aliphatic heterocycles. The van der Waals surface area contributed by atoms with E-state index in [0.29, 0.717) is 4.31 Å². The molecular formula is C8H13NO5S. The first-order valence-electron chi connectivity index (χ1n) is 3.97. The average molecular weight is 235 g/mol. The van der Waals surface area contributed by atoms with Crippen LogP contribution < -0.4 is 0 Å². The number of ether oxygens (including phenoxy) is 1. The van der Waals surface area contributed by atoms with Gasteiger partial charge in [-0.2, -0.15) is 12.7 Å². The summed E-state index contributed by atoms with van der Waals surface area (Å²) in [4.78, 5) is 11.1. The lowest BCUT2D eigenvalue weighted by atomic mass is 10.7. The van der Waals surface area contributed by atoms with Gasteiger partial charge in [0.15, 0.2) is 0 Å². The maximum absolute atomic E-state index is 11.2. The van der Waals surface area contributed by atoms with Gasteiger partial charge in [-0.05, 0) is 0 Å². The highest BCUT2D eigenvalue weighted by atomic mass is 32.2. The van der Waals surface area contributed by atoms with E-state index in [4.69, 9.17) is 0 Å². The van der Waals surface area contributed by atoms with Crippen molar-refractivity contribution in [3.63, 3.8) is 0 Å². The Hall–Kier alpha value is -1.34. The van der Waals surface area contributed by atoms with Crippen LogP contribution in [-0.2, 0) is 19.2 Å². The van der Waals surface area contributed by atoms with E-state index in [0.717, 1.165) is 7.05 Å². The molecule has 1 amide bonds. The Morgan fingerprint density at radius 1 is 1.33 bits per heavy atom. The SMILES string of the molecule is C=CCOC(=O)N(C)S(=O)(=O)OCC=C. The second-order valence-electron chi connectivity index (χ2n) is 2.36. The molecule has 7 heteroatoms. The Morgan fingerprint density at radius 3 is 2.33 bits per heavy atom. The molecule has 0 unspecified atom stereocenters. The fraction of sp³-hybridized carbons (Fsp3) is 0.375. The van der Waals surface area contributed by atoms with E-state index in [1.54, 1.807) is 0 Å². The molecule has 0 aromatic heterocycles. The van der Waals surface area contributed by atoms with Crippen LogP contribution in [0.2, 0.25) is 0 Å². The maximum atomic E-state index is 11.2. The van der Waals surface area contributed by atoms with Gasteiger partial charge in [0.05, 0.1) is 6.61 Å². The van der Waals surface area contributed by atoms with Crippen molar-refractivity contribution in [3.05, 3.63) is 25.3 Å². The quantitative estimate of drug-likeness (QED) is 0.633. The zero-order chi connectivity index (χ0) is 11.9. The molecular weight excluding hydrogens is 222 g/mol. The first kappa shape index (κ1) is 13.7. The fourth-order valence-corrected chi connectivity index (χ4v) is 1.19. The van der Waals surface area contributed by atoms with E-state index in [-0.39, 0.29) is 13.2 Å². The zero-order valence-corrected chi connectivity index (χ0v) is 9.20. The molecule has 86 valence electrons. The number of amides is 1. The summed E-state index contributed by atoms with van der Waals surface area (Å²) in [5.74, 6) is 0. The molecule has 0 saturated carbocycles. The molecule has 0 saturated heterocycles. The van der Waals surface area contributed by atoms with Gasteiger partial charge in [-0.3, -0.25) is 0 Å². The standard InChI is InChI=1S/C8H13NO5S/c1-4-6-13-8(10)9(3)15(11,12)14-7-5-2/h4-5H,1-2,6-7H2,3H3. The first-order valence-corrected chi connectivity index (χ1v) is 5.34. The molecule has 15 heavy (non-hydrogen) atoms. The van der Waals surface area contributed by atoms with E-state index >= 15 is 0 Å². The largest absolute Gasteiger partial charge is 0.444 e. The summed E-state index contributed by atoms with van der Waals surface area (Å²) in [6, 6.07) is 0. The summed E-state index contributed by atoms with van der Waals surface area (Å²) in [5.41, 5.74) is 0. The highest BCUT2D eigenvalue weighted by molar-refractivity contribution is 7.84. The summed E-state index contributed by atoms with van der Waals surface area (Å²) >= 11 is 0. The number of carbonyl (C=O) groups is 1. The lowest BCUT2D eigenvalue weighted by Crippen LogP contribution is -2.35. The van der Waals surface area contributed by atoms with Gasteiger partial charge in [-0.15, -0.1) is 6.58 Å². The number of hydrogen-bond acceptors (Lipinski definition) is 5. The fourth-order valence-electron chi connectivity index (χ4n) is 0.526. The first-order chi connectivity index (χ1) is 6.95. The smallest absolute Gasteiger partial charge is 0.425 e. The van der Waals surface area contributed by atoms with Crippen LogP contribution in [0.1, 0.15) is 0 Å². The number of nitrogens with zero attached hydrogens (tertiary/aromatic N) is 1. The summed E-state index contributed by atoms with van der Waals surface area (Å²) in [5, 5.41) is 0. The van der Waals surface area contributed by atoms with Gasteiger partial charge in [0, 0.05) is 7.05 Å². The van der Waals surface area contributed by atoms with Gasteiger partial charge in [-0.25, -0.2) is 8.98 Å². The van der Waals surface area contributed by atoms with Gasteiger partial charge in [0.25, 0.3) is 0 Å². The van der Waals surface area contributed by atoms with E-state index < -0.39 is 16.4 Å². The third-order valence-corrected chi connectivity index (χ3v) is 2.51. The predicted molar refractivity (Wildman–Crippen MR) is 54.4 cm³/mol. The van der Waals surface area contributed by atoms with Crippen molar-refractivity contribution in [1.29, 1.82) is 0 Å². The van der Waals surface area contributed by atoms with Gasteiger partial charge in [0.1, 0.15) is 6.61 Å². The summed E-state index contributed by atoms with van der Waals surface area (Å²) in [6.07, 6.45) is 1.54. The van der Waals surface area contributed by atoms with Crippen LogP contribution in [0, 0.1) is 0 Å². The van der Waals surface area contributed by atoms with Crippen molar-refractivity contribution in [1.82, 2.24) is 4.31 Å². The van der Waals surface area contributed by atoms with Crippen molar-refractivity contribution in [3.8, 4) is 0 Å². The summed E-state index contributed by atoms with van der Waals surface area (Å²) in [6.45, 7) is 6.32. The number of hydrogen-bond donors (Lipinski definition) is 0. The Morgan fingerprint density at radius 2 is 1.87 bits per heavy atom. The Balaban J connectivity index is 4.40. The number of rotatable bonds is 6. The Bertz CT molecular complexity index is 335. The Kier molecular flexibility index (Phi) is 5.65. The van der Waals surface area contributed by atoms with E-state index in [9.17, 15) is 13.2 Å². The normalized spacial score (nSPS) is 10.5. The molecule has 0 spiro atoms. The van der Waals surface area contributed by atoms with Crippen LogP contribution >= 0.6 is 0 Å². The molecule has 0 radical (unpaired) electrons. The zero-order valence-electron chi connectivity index (χ0n) is 8.38. The van der Waals surface area contributed by atoms with Crippen molar-refractivity contribution >= 4 is 16.4 Å². The molecule has 0 aromatic carbocycles. The molecule has 0 atom stereocenters. The van der Waals surface area contributed by atoms with Gasteiger partial charge in [-0.1, -0.05) is 18.7 Å². The second kappa shape index (κ2) is 6.20. The molecule has 0 aromatic rings. The molecule has 0 rings (SSSR count). The maximum Gasteiger partial charge on any atom is 0.425 e. The van der Waals surface area contributed by atoms with Gasteiger partial charge < -0.3 is 4.74 Å². The minimum Gasteiger partial charge on any atom is -0.444 e. The van der Waals surface area contributed by atoms with Crippen molar-refractivity contribution in [2.24, 2.45) is 0 Å². The molecule has 0 fully saturated rings. The molecule has 0 aliphatic carbocycles. The van der Waals surface area contributed by atoms with Gasteiger partial charge in [0.2, 0.25) is 0 Å². The third kappa shape index (κ3) is 4.61. The van der Waals surface area contributed by atoms with Crippen molar-refractivity contribution in [2.75, 3.05) is 20.3 Å².